The van der Waals surface area contributed by atoms with Crippen LogP contribution in [-0.2, 0) is 4.74 Å². The summed E-state index contributed by atoms with van der Waals surface area (Å²) in [5, 5.41) is 8.96. The van der Waals surface area contributed by atoms with Crippen molar-refractivity contribution in [3.63, 3.8) is 0 Å². The van der Waals surface area contributed by atoms with Crippen LogP contribution in [0.3, 0.4) is 0 Å². The van der Waals surface area contributed by atoms with E-state index in [1.807, 2.05) is 0 Å². The molecule has 0 bridgehead atoms. The first-order valence-electron chi connectivity index (χ1n) is 4.89. The summed E-state index contributed by atoms with van der Waals surface area (Å²) in [5.74, 6) is -0.473. The van der Waals surface area contributed by atoms with Crippen LogP contribution in [0.4, 0.5) is 5.13 Å². The third-order valence-corrected chi connectivity index (χ3v) is 2.55. The van der Waals surface area contributed by atoms with Gasteiger partial charge < -0.3 is 15.6 Å². The number of rotatable bonds is 5. The fraction of sp³-hybridized carbons (Fsp3) is 0.400. The predicted molar refractivity (Wildman–Crippen MR) is 63.2 cm³/mol. The molecule has 0 amide bonds. The van der Waals surface area contributed by atoms with Gasteiger partial charge in [0, 0.05) is 6.61 Å². The number of nitrogens with zero attached hydrogens (tertiary/aromatic N) is 1. The van der Waals surface area contributed by atoms with Crippen LogP contribution in [0.15, 0.2) is 6.08 Å². The fourth-order valence-electron chi connectivity index (χ4n) is 1.07. The summed E-state index contributed by atoms with van der Waals surface area (Å²) in [6.07, 6.45) is 4.01. The average Bonchev–Trinajstić information content (AvgIpc) is 2.61. The van der Waals surface area contributed by atoms with Gasteiger partial charge in [-0.1, -0.05) is 17.4 Å². The Labute approximate surface area is 97.6 Å². The molecule has 0 saturated heterocycles. The van der Waals surface area contributed by atoms with Crippen molar-refractivity contribution in [3.05, 3.63) is 16.6 Å². The summed E-state index contributed by atoms with van der Waals surface area (Å²) in [4.78, 5) is 16.1. The van der Waals surface area contributed by atoms with E-state index in [9.17, 15) is 4.79 Å². The van der Waals surface area contributed by atoms with E-state index in [-0.39, 0.29) is 12.3 Å². The summed E-state index contributed by atoms with van der Waals surface area (Å²) in [6.45, 7) is 2.10. The summed E-state index contributed by atoms with van der Waals surface area (Å²) >= 11 is 1.22. The molecule has 0 spiro atoms. The molecular formula is C10H14N2O3S. The summed E-state index contributed by atoms with van der Waals surface area (Å²) in [5.41, 5.74) is 5.77. The molecule has 0 aliphatic carbocycles. The van der Waals surface area contributed by atoms with E-state index in [4.69, 9.17) is 15.6 Å². The molecule has 0 aliphatic rings. The lowest BCUT2D eigenvalue weighted by Gasteiger charge is -1.98. The quantitative estimate of drug-likeness (QED) is 0.760. The van der Waals surface area contributed by atoms with Crippen LogP contribution in [0.5, 0.6) is 0 Å². The highest BCUT2D eigenvalue weighted by molar-refractivity contribution is 7.16. The molecule has 1 heterocycles. The Kier molecular flexibility index (Phi) is 4.94. The second-order valence-corrected chi connectivity index (χ2v) is 3.96. The standard InChI is InChI=1S/C10H14N2O3S/c1-2-15-9(14)8-7(5-3-4-6-13)16-10(11)12-8/h3,5,13H,2,4,6H2,1H3,(H2,11,12). The van der Waals surface area contributed by atoms with Crippen LogP contribution in [0.25, 0.3) is 6.08 Å². The van der Waals surface area contributed by atoms with E-state index in [0.29, 0.717) is 23.0 Å². The van der Waals surface area contributed by atoms with E-state index in [1.54, 1.807) is 19.1 Å². The van der Waals surface area contributed by atoms with Gasteiger partial charge in [-0.05, 0) is 19.4 Å². The number of carbonyl (C=O) groups excluding carboxylic acids is 1. The molecule has 0 saturated carbocycles. The molecule has 0 unspecified atom stereocenters. The largest absolute Gasteiger partial charge is 0.461 e. The van der Waals surface area contributed by atoms with Crippen molar-refractivity contribution in [1.82, 2.24) is 4.98 Å². The molecule has 6 heteroatoms. The summed E-state index contributed by atoms with van der Waals surface area (Å²) in [6, 6.07) is 0. The van der Waals surface area contributed by atoms with Gasteiger partial charge in [0.15, 0.2) is 10.8 Å². The number of anilines is 1. The van der Waals surface area contributed by atoms with Crippen molar-refractivity contribution >= 4 is 28.5 Å². The first kappa shape index (κ1) is 12.7. The number of aromatic nitrogens is 1. The first-order chi connectivity index (χ1) is 7.69. The minimum atomic E-state index is -0.473. The second kappa shape index (κ2) is 6.24. The van der Waals surface area contributed by atoms with Crippen molar-refractivity contribution in [2.75, 3.05) is 18.9 Å². The number of nitrogen functional groups attached to an aromatic ring is 1. The fourth-order valence-corrected chi connectivity index (χ4v) is 1.82. The highest BCUT2D eigenvalue weighted by Crippen LogP contribution is 2.22. The smallest absolute Gasteiger partial charge is 0.358 e. The molecule has 0 aliphatic heterocycles. The number of nitrogens with two attached hydrogens (primary N) is 1. The van der Waals surface area contributed by atoms with Gasteiger partial charge >= 0.3 is 5.97 Å². The van der Waals surface area contributed by atoms with E-state index in [2.05, 4.69) is 4.98 Å². The Balaban J connectivity index is 2.86. The van der Waals surface area contributed by atoms with Crippen LogP contribution in [0, 0.1) is 0 Å². The molecule has 1 aromatic rings. The molecule has 0 atom stereocenters. The molecule has 5 nitrogen and oxygen atoms in total. The van der Waals surface area contributed by atoms with E-state index < -0.39 is 5.97 Å². The minimum absolute atomic E-state index is 0.0690. The zero-order chi connectivity index (χ0) is 12.0. The Morgan fingerprint density at radius 3 is 3.06 bits per heavy atom. The number of ether oxygens (including phenoxy) is 1. The van der Waals surface area contributed by atoms with Crippen LogP contribution in [-0.4, -0.2) is 29.3 Å². The Hall–Kier alpha value is -1.40. The Morgan fingerprint density at radius 2 is 2.44 bits per heavy atom. The SMILES string of the molecule is CCOC(=O)c1nc(N)sc1C=CCCO. The maximum absolute atomic E-state index is 11.5. The maximum atomic E-state index is 11.5. The van der Waals surface area contributed by atoms with E-state index in [0.717, 1.165) is 0 Å². The van der Waals surface area contributed by atoms with Crippen molar-refractivity contribution in [2.24, 2.45) is 0 Å². The lowest BCUT2D eigenvalue weighted by molar-refractivity contribution is 0.0520. The van der Waals surface area contributed by atoms with Gasteiger partial charge in [-0.15, -0.1) is 0 Å². The molecule has 0 fully saturated rings. The third kappa shape index (κ3) is 3.32. The van der Waals surface area contributed by atoms with Crippen LogP contribution >= 0.6 is 11.3 Å². The molecule has 1 aromatic heterocycles. The number of esters is 1. The Bertz CT molecular complexity index is 387. The maximum Gasteiger partial charge on any atom is 0.358 e. The molecule has 0 radical (unpaired) electrons. The molecule has 0 aromatic carbocycles. The van der Waals surface area contributed by atoms with Gasteiger partial charge in [0.1, 0.15) is 0 Å². The highest BCUT2D eigenvalue weighted by atomic mass is 32.1. The molecule has 88 valence electrons. The van der Waals surface area contributed by atoms with Crippen molar-refractivity contribution in [1.29, 1.82) is 0 Å². The normalized spacial score (nSPS) is 10.9. The van der Waals surface area contributed by atoms with Crippen LogP contribution in [0.1, 0.15) is 28.7 Å². The van der Waals surface area contributed by atoms with Crippen molar-refractivity contribution in [3.8, 4) is 0 Å². The lowest BCUT2D eigenvalue weighted by atomic mass is 10.3. The minimum Gasteiger partial charge on any atom is -0.461 e. The number of aliphatic hydroxyl groups is 1. The predicted octanol–water partition coefficient (Wildman–Crippen LogP) is 1.30. The van der Waals surface area contributed by atoms with Gasteiger partial charge in [0.2, 0.25) is 0 Å². The number of carbonyl (C=O) groups is 1. The van der Waals surface area contributed by atoms with Gasteiger partial charge in [0.05, 0.1) is 11.5 Å². The number of hydrogen-bond acceptors (Lipinski definition) is 6. The number of hydrogen-bond donors (Lipinski definition) is 2. The Morgan fingerprint density at radius 1 is 1.69 bits per heavy atom. The monoisotopic (exact) mass is 242 g/mol. The zero-order valence-electron chi connectivity index (χ0n) is 8.97. The molecular weight excluding hydrogens is 228 g/mol. The molecule has 16 heavy (non-hydrogen) atoms. The zero-order valence-corrected chi connectivity index (χ0v) is 9.79. The third-order valence-electron chi connectivity index (χ3n) is 1.70. The van der Waals surface area contributed by atoms with Gasteiger partial charge in [-0.25, -0.2) is 9.78 Å². The van der Waals surface area contributed by atoms with Gasteiger partial charge in [-0.2, -0.15) is 0 Å². The van der Waals surface area contributed by atoms with Crippen LogP contribution < -0.4 is 5.73 Å². The number of aliphatic hydroxyl groups excluding tert-OH is 1. The van der Waals surface area contributed by atoms with Gasteiger partial charge in [0.25, 0.3) is 0 Å². The van der Waals surface area contributed by atoms with E-state index in [1.165, 1.54) is 11.3 Å². The highest BCUT2D eigenvalue weighted by Gasteiger charge is 2.16. The van der Waals surface area contributed by atoms with Gasteiger partial charge in [-0.3, -0.25) is 0 Å². The lowest BCUT2D eigenvalue weighted by Crippen LogP contribution is -2.06. The van der Waals surface area contributed by atoms with Crippen molar-refractivity contribution < 1.29 is 14.6 Å². The van der Waals surface area contributed by atoms with Crippen molar-refractivity contribution in [2.45, 2.75) is 13.3 Å². The van der Waals surface area contributed by atoms with E-state index >= 15 is 0 Å². The average molecular weight is 242 g/mol. The molecule has 3 N–H and O–H groups in total. The topological polar surface area (TPSA) is 85.4 Å². The second-order valence-electron chi connectivity index (χ2n) is 2.90. The van der Waals surface area contributed by atoms with Crippen LogP contribution in [0.2, 0.25) is 0 Å². The first-order valence-corrected chi connectivity index (χ1v) is 5.71. The summed E-state index contributed by atoms with van der Waals surface area (Å²) in [7, 11) is 0. The number of thiazole rings is 1. The molecule has 1 rings (SSSR count). The summed E-state index contributed by atoms with van der Waals surface area (Å²) < 4.78 is 4.85.